The van der Waals surface area contributed by atoms with E-state index in [4.69, 9.17) is 11.6 Å². The molecule has 1 aliphatic heterocycles. The number of benzene rings is 2. The van der Waals surface area contributed by atoms with Crippen LogP contribution < -0.4 is 5.32 Å². The lowest BCUT2D eigenvalue weighted by Crippen LogP contribution is -2.16. The van der Waals surface area contributed by atoms with Crippen molar-refractivity contribution in [1.29, 1.82) is 0 Å². The summed E-state index contributed by atoms with van der Waals surface area (Å²) in [6, 6.07) is 14.5. The van der Waals surface area contributed by atoms with E-state index in [9.17, 15) is 9.18 Å². The minimum absolute atomic E-state index is 0.138. The Bertz CT molecular complexity index is 940. The monoisotopic (exact) mass is 387 g/mol. The highest BCUT2D eigenvalue weighted by Crippen LogP contribution is 2.44. The maximum Gasteiger partial charge on any atom is 0.235 e. The van der Waals surface area contributed by atoms with E-state index in [1.54, 1.807) is 23.0 Å². The summed E-state index contributed by atoms with van der Waals surface area (Å²) < 4.78 is 16.2. The summed E-state index contributed by atoms with van der Waals surface area (Å²) in [7, 11) is 0. The first-order valence-electron chi connectivity index (χ1n) is 8.08. The number of nitrogens with one attached hydrogen (secondary N) is 1. The van der Waals surface area contributed by atoms with Crippen molar-refractivity contribution in [3.63, 3.8) is 0 Å². The number of carbonyl (C=O) groups is 1. The summed E-state index contributed by atoms with van der Waals surface area (Å²) in [4.78, 5) is 12.2. The van der Waals surface area contributed by atoms with Crippen LogP contribution in [0, 0.1) is 5.82 Å². The Kier molecular flexibility index (Phi) is 4.70. The Balaban J connectivity index is 1.78. The van der Waals surface area contributed by atoms with Gasteiger partial charge in [-0.1, -0.05) is 48.0 Å². The Morgan fingerprint density at radius 1 is 1.23 bits per heavy atom. The van der Waals surface area contributed by atoms with E-state index < -0.39 is 5.25 Å². The van der Waals surface area contributed by atoms with E-state index in [0.29, 0.717) is 22.9 Å². The molecule has 1 amide bonds. The van der Waals surface area contributed by atoms with E-state index >= 15 is 0 Å². The van der Waals surface area contributed by atoms with E-state index in [-0.39, 0.29) is 17.5 Å². The Morgan fingerprint density at radius 3 is 2.81 bits per heavy atom. The third-order valence-electron chi connectivity index (χ3n) is 4.23. The quantitative estimate of drug-likeness (QED) is 0.719. The van der Waals surface area contributed by atoms with Crippen LogP contribution in [0.25, 0.3) is 0 Å². The summed E-state index contributed by atoms with van der Waals surface area (Å²) in [5.41, 5.74) is 2.20. The van der Waals surface area contributed by atoms with Crippen molar-refractivity contribution in [3.05, 3.63) is 82.3 Å². The molecule has 0 radical (unpaired) electrons. The molecule has 26 heavy (non-hydrogen) atoms. The van der Waals surface area contributed by atoms with Crippen molar-refractivity contribution >= 4 is 35.1 Å². The van der Waals surface area contributed by atoms with E-state index in [1.807, 2.05) is 30.3 Å². The maximum atomic E-state index is 14.5. The smallest absolute Gasteiger partial charge is 0.235 e. The highest BCUT2D eigenvalue weighted by atomic mass is 35.5. The summed E-state index contributed by atoms with van der Waals surface area (Å²) in [6.45, 7) is 0.513. The van der Waals surface area contributed by atoms with Gasteiger partial charge in [0.2, 0.25) is 5.91 Å². The van der Waals surface area contributed by atoms with Crippen molar-refractivity contribution in [2.24, 2.45) is 0 Å². The van der Waals surface area contributed by atoms with Gasteiger partial charge < -0.3 is 5.32 Å². The van der Waals surface area contributed by atoms with E-state index in [2.05, 4.69) is 10.4 Å². The van der Waals surface area contributed by atoms with Gasteiger partial charge in [0.1, 0.15) is 11.6 Å². The number of carbonyl (C=O) groups excluding carboxylic acids is 1. The molecule has 0 bridgehead atoms. The van der Waals surface area contributed by atoms with E-state index in [0.717, 1.165) is 11.1 Å². The van der Waals surface area contributed by atoms with Crippen LogP contribution in [0.1, 0.15) is 21.9 Å². The third kappa shape index (κ3) is 3.22. The molecule has 1 aromatic heterocycles. The predicted octanol–water partition coefficient (Wildman–Crippen LogP) is 4.50. The normalized spacial score (nSPS) is 16.7. The van der Waals surface area contributed by atoms with Gasteiger partial charge in [-0.25, -0.2) is 9.07 Å². The molecule has 7 heteroatoms. The molecule has 2 heterocycles. The van der Waals surface area contributed by atoms with Crippen molar-refractivity contribution < 1.29 is 9.18 Å². The lowest BCUT2D eigenvalue weighted by atomic mass is 10.1. The number of anilines is 1. The predicted molar refractivity (Wildman–Crippen MR) is 102 cm³/mol. The first-order chi connectivity index (χ1) is 12.6. The average Bonchev–Trinajstić information content (AvgIpc) is 2.92. The van der Waals surface area contributed by atoms with Gasteiger partial charge in [0, 0.05) is 16.1 Å². The number of thioether (sulfide) groups is 1. The fourth-order valence-corrected chi connectivity index (χ4v) is 4.51. The molecule has 0 aliphatic carbocycles. The standard InChI is InChI=1S/C19H15ClFN3OS/c20-14-7-4-8-15(21)17(14)18-13-9-22-24(10-12-5-2-1-3-6-12)19(13)23-16(25)11-26-18/h1-9,18H,10-11H2,(H,23,25). The number of amides is 1. The van der Waals surface area contributed by atoms with Crippen LogP contribution in [0.4, 0.5) is 10.2 Å². The van der Waals surface area contributed by atoms with Crippen LogP contribution in [0.15, 0.2) is 54.7 Å². The van der Waals surface area contributed by atoms with Crippen molar-refractivity contribution in [2.45, 2.75) is 11.8 Å². The zero-order valence-corrected chi connectivity index (χ0v) is 15.2. The minimum atomic E-state index is -0.401. The number of aromatic nitrogens is 2. The fraction of sp³-hybridized carbons (Fsp3) is 0.158. The Morgan fingerprint density at radius 2 is 2.04 bits per heavy atom. The molecule has 132 valence electrons. The van der Waals surface area contributed by atoms with Gasteiger partial charge >= 0.3 is 0 Å². The van der Waals surface area contributed by atoms with Gasteiger partial charge in [0.15, 0.2) is 0 Å². The molecule has 1 aliphatic rings. The second-order valence-electron chi connectivity index (χ2n) is 5.97. The number of halogens is 2. The minimum Gasteiger partial charge on any atom is -0.310 e. The first-order valence-corrected chi connectivity index (χ1v) is 9.51. The molecule has 3 aromatic rings. The second-order valence-corrected chi connectivity index (χ2v) is 7.47. The second kappa shape index (κ2) is 7.13. The highest BCUT2D eigenvalue weighted by molar-refractivity contribution is 8.00. The van der Waals surface area contributed by atoms with Crippen LogP contribution in [0.2, 0.25) is 5.02 Å². The van der Waals surface area contributed by atoms with Crippen LogP contribution in [0.3, 0.4) is 0 Å². The molecule has 2 aromatic carbocycles. The number of nitrogens with zero attached hydrogens (tertiary/aromatic N) is 2. The molecule has 0 fully saturated rings. The molecule has 1 unspecified atom stereocenters. The largest absolute Gasteiger partial charge is 0.310 e. The number of rotatable bonds is 3. The topological polar surface area (TPSA) is 46.9 Å². The Hall–Kier alpha value is -2.31. The molecular formula is C19H15ClFN3OS. The van der Waals surface area contributed by atoms with Gasteiger partial charge in [-0.05, 0) is 17.7 Å². The van der Waals surface area contributed by atoms with E-state index in [1.165, 1.54) is 17.8 Å². The van der Waals surface area contributed by atoms with Crippen LogP contribution in [-0.2, 0) is 11.3 Å². The third-order valence-corrected chi connectivity index (χ3v) is 5.81. The molecule has 0 spiro atoms. The summed E-state index contributed by atoms with van der Waals surface area (Å²) in [5.74, 6) is 0.287. The summed E-state index contributed by atoms with van der Waals surface area (Å²) in [6.07, 6.45) is 1.68. The number of hydrogen-bond acceptors (Lipinski definition) is 3. The van der Waals surface area contributed by atoms with Crippen molar-refractivity contribution in [3.8, 4) is 0 Å². The van der Waals surface area contributed by atoms with Gasteiger partial charge in [-0.2, -0.15) is 5.10 Å². The fourth-order valence-electron chi connectivity index (χ4n) is 3.02. The maximum absolute atomic E-state index is 14.5. The summed E-state index contributed by atoms with van der Waals surface area (Å²) >= 11 is 7.62. The zero-order chi connectivity index (χ0) is 18.1. The van der Waals surface area contributed by atoms with Crippen LogP contribution in [0.5, 0.6) is 0 Å². The van der Waals surface area contributed by atoms with Gasteiger partial charge in [-0.3, -0.25) is 4.79 Å². The molecule has 4 rings (SSSR count). The molecule has 1 N–H and O–H groups in total. The molecule has 1 atom stereocenters. The van der Waals surface area contributed by atoms with Crippen LogP contribution in [-0.4, -0.2) is 21.4 Å². The molecule has 0 saturated heterocycles. The highest BCUT2D eigenvalue weighted by Gasteiger charge is 2.30. The van der Waals surface area contributed by atoms with Gasteiger partial charge in [0.25, 0.3) is 0 Å². The Labute approximate surface area is 159 Å². The SMILES string of the molecule is O=C1CSC(c2c(F)cccc2Cl)c2cnn(Cc3ccccc3)c2N1. The molecule has 0 saturated carbocycles. The molecule has 4 nitrogen and oxygen atoms in total. The van der Waals surface area contributed by atoms with Crippen LogP contribution >= 0.6 is 23.4 Å². The summed E-state index contributed by atoms with van der Waals surface area (Å²) in [5, 5.41) is 7.28. The van der Waals surface area contributed by atoms with Gasteiger partial charge in [0.05, 0.1) is 23.7 Å². The lowest BCUT2D eigenvalue weighted by Gasteiger charge is -2.16. The first kappa shape index (κ1) is 17.1. The number of fused-ring (bicyclic) bond motifs is 1. The molecular weight excluding hydrogens is 373 g/mol. The average molecular weight is 388 g/mol. The van der Waals surface area contributed by atoms with Crippen molar-refractivity contribution in [2.75, 3.05) is 11.1 Å². The number of hydrogen-bond donors (Lipinski definition) is 1. The lowest BCUT2D eigenvalue weighted by molar-refractivity contribution is -0.113. The zero-order valence-electron chi connectivity index (χ0n) is 13.7. The van der Waals surface area contributed by atoms with Crippen molar-refractivity contribution in [1.82, 2.24) is 9.78 Å². The van der Waals surface area contributed by atoms with Gasteiger partial charge in [-0.15, -0.1) is 11.8 Å².